The quantitative estimate of drug-likeness (QED) is 0.792. The minimum atomic E-state index is 0.236. The van der Waals surface area contributed by atoms with E-state index in [1.165, 1.54) is 11.1 Å². The largest absolute Gasteiger partial charge is 0.356 e. The van der Waals surface area contributed by atoms with Crippen LogP contribution in [0, 0.1) is 18.8 Å². The normalized spacial score (nSPS) is 13.0. The molecule has 21 heavy (non-hydrogen) atoms. The lowest BCUT2D eigenvalue weighted by atomic mass is 10.0. The maximum atomic E-state index is 6.05. The van der Waals surface area contributed by atoms with Gasteiger partial charge in [0.05, 0.1) is 0 Å². The molecule has 0 aliphatic heterocycles. The molecule has 1 atom stereocenters. The number of pyridine rings is 1. The molecule has 2 N–H and O–H groups in total. The summed E-state index contributed by atoms with van der Waals surface area (Å²) >= 11 is 0. The number of nitrogens with two attached hydrogens (primary N) is 1. The van der Waals surface area contributed by atoms with Crippen molar-refractivity contribution in [3.63, 3.8) is 0 Å². The van der Waals surface area contributed by atoms with Crippen LogP contribution < -0.4 is 10.6 Å². The highest BCUT2D eigenvalue weighted by atomic mass is 15.2. The zero-order valence-corrected chi connectivity index (χ0v) is 14.7. The Kier molecular flexibility index (Phi) is 7.16. The average molecular weight is 291 g/mol. The van der Waals surface area contributed by atoms with Crippen molar-refractivity contribution in [3.8, 4) is 0 Å². The molecule has 3 heteroatoms. The Morgan fingerprint density at radius 3 is 2.14 bits per heavy atom. The van der Waals surface area contributed by atoms with Crippen molar-refractivity contribution in [2.24, 2.45) is 17.6 Å². The first-order valence-electron chi connectivity index (χ1n) is 8.29. The van der Waals surface area contributed by atoms with Gasteiger partial charge in [0.2, 0.25) is 0 Å². The second-order valence-electron chi connectivity index (χ2n) is 7.05. The lowest BCUT2D eigenvalue weighted by molar-refractivity contribution is 0.547. The summed E-state index contributed by atoms with van der Waals surface area (Å²) < 4.78 is 0. The Morgan fingerprint density at radius 2 is 1.71 bits per heavy atom. The van der Waals surface area contributed by atoms with Gasteiger partial charge in [-0.05, 0) is 42.7 Å². The molecular formula is C18H33N3. The monoisotopic (exact) mass is 291 g/mol. The second kappa shape index (κ2) is 8.38. The maximum absolute atomic E-state index is 6.05. The van der Waals surface area contributed by atoms with Crippen molar-refractivity contribution in [1.29, 1.82) is 0 Å². The number of rotatable bonds is 8. The number of aryl methyl sites for hydroxylation is 1. The van der Waals surface area contributed by atoms with Crippen molar-refractivity contribution in [2.45, 2.75) is 60.4 Å². The molecule has 0 aliphatic carbocycles. The Morgan fingerprint density at radius 1 is 1.14 bits per heavy atom. The highest BCUT2D eigenvalue weighted by molar-refractivity contribution is 5.47. The topological polar surface area (TPSA) is 42.1 Å². The highest BCUT2D eigenvalue weighted by Crippen LogP contribution is 2.21. The fraction of sp³-hybridized carbons (Fsp3) is 0.722. The molecule has 0 saturated heterocycles. The summed E-state index contributed by atoms with van der Waals surface area (Å²) in [5, 5.41) is 0. The van der Waals surface area contributed by atoms with E-state index in [9.17, 15) is 0 Å². The standard InChI is InChI=1S/C18H33N3/c1-7-17(19)9-16-8-15(6)18(20-10-16)21(11-13(2)3)12-14(4)5/h8,10,13-14,17H,7,9,11-12,19H2,1-6H3. The van der Waals surface area contributed by atoms with Crippen molar-refractivity contribution < 1.29 is 0 Å². The van der Waals surface area contributed by atoms with Gasteiger partial charge in [0.25, 0.3) is 0 Å². The van der Waals surface area contributed by atoms with E-state index in [-0.39, 0.29) is 6.04 Å². The Hall–Kier alpha value is -1.09. The van der Waals surface area contributed by atoms with Crippen LogP contribution >= 0.6 is 0 Å². The van der Waals surface area contributed by atoms with Crippen LogP contribution in [-0.2, 0) is 6.42 Å². The molecule has 3 nitrogen and oxygen atoms in total. The van der Waals surface area contributed by atoms with Gasteiger partial charge >= 0.3 is 0 Å². The summed E-state index contributed by atoms with van der Waals surface area (Å²) in [5.74, 6) is 2.41. The van der Waals surface area contributed by atoms with Crippen molar-refractivity contribution in [1.82, 2.24) is 4.98 Å². The van der Waals surface area contributed by atoms with E-state index in [4.69, 9.17) is 10.7 Å². The molecule has 0 radical (unpaired) electrons. The molecule has 0 spiro atoms. The Labute approximate surface area is 130 Å². The molecule has 120 valence electrons. The summed E-state index contributed by atoms with van der Waals surface area (Å²) in [6.45, 7) is 15.5. The van der Waals surface area contributed by atoms with Gasteiger partial charge in [0, 0.05) is 25.3 Å². The first-order chi connectivity index (χ1) is 9.83. The minimum Gasteiger partial charge on any atom is -0.356 e. The average Bonchev–Trinajstić information content (AvgIpc) is 2.36. The van der Waals surface area contributed by atoms with Crippen molar-refractivity contribution in [2.75, 3.05) is 18.0 Å². The van der Waals surface area contributed by atoms with E-state index in [0.29, 0.717) is 11.8 Å². The van der Waals surface area contributed by atoms with E-state index in [0.717, 1.165) is 31.7 Å². The van der Waals surface area contributed by atoms with Gasteiger partial charge in [-0.15, -0.1) is 0 Å². The number of aromatic nitrogens is 1. The Bertz CT molecular complexity index is 416. The molecule has 0 saturated carbocycles. The second-order valence-corrected chi connectivity index (χ2v) is 7.05. The van der Waals surface area contributed by atoms with Gasteiger partial charge in [-0.3, -0.25) is 0 Å². The van der Waals surface area contributed by atoms with Gasteiger partial charge in [-0.1, -0.05) is 40.7 Å². The molecule has 1 aromatic rings. The minimum absolute atomic E-state index is 0.236. The zero-order chi connectivity index (χ0) is 16.0. The van der Waals surface area contributed by atoms with E-state index in [2.05, 4.69) is 52.5 Å². The number of nitrogens with zero attached hydrogens (tertiary/aromatic N) is 2. The number of anilines is 1. The van der Waals surface area contributed by atoms with Crippen LogP contribution in [0.3, 0.4) is 0 Å². The van der Waals surface area contributed by atoms with Crippen LogP contribution in [-0.4, -0.2) is 24.1 Å². The molecular weight excluding hydrogens is 258 g/mol. The highest BCUT2D eigenvalue weighted by Gasteiger charge is 2.15. The van der Waals surface area contributed by atoms with Crippen molar-refractivity contribution in [3.05, 3.63) is 23.4 Å². The molecule has 1 unspecified atom stereocenters. The molecule has 0 aromatic carbocycles. The van der Waals surface area contributed by atoms with Crippen LogP contribution in [0.1, 0.15) is 52.2 Å². The van der Waals surface area contributed by atoms with E-state index in [1.807, 2.05) is 6.20 Å². The molecule has 0 bridgehead atoms. The molecule has 1 rings (SSSR count). The summed E-state index contributed by atoms with van der Waals surface area (Å²) in [5.41, 5.74) is 8.56. The third kappa shape index (κ3) is 6.04. The predicted molar refractivity (Wildman–Crippen MR) is 92.8 cm³/mol. The summed E-state index contributed by atoms with van der Waals surface area (Å²) in [6.07, 6.45) is 3.93. The van der Waals surface area contributed by atoms with Crippen LogP contribution in [0.2, 0.25) is 0 Å². The number of hydrogen-bond donors (Lipinski definition) is 1. The zero-order valence-electron chi connectivity index (χ0n) is 14.7. The number of hydrogen-bond acceptors (Lipinski definition) is 3. The lowest BCUT2D eigenvalue weighted by Gasteiger charge is -2.29. The summed E-state index contributed by atoms with van der Waals surface area (Å²) in [4.78, 5) is 7.17. The Balaban J connectivity index is 2.93. The van der Waals surface area contributed by atoms with Gasteiger partial charge in [0.1, 0.15) is 5.82 Å². The molecule has 1 aromatic heterocycles. The van der Waals surface area contributed by atoms with Gasteiger partial charge < -0.3 is 10.6 Å². The van der Waals surface area contributed by atoms with E-state index >= 15 is 0 Å². The van der Waals surface area contributed by atoms with Gasteiger partial charge in [0.15, 0.2) is 0 Å². The molecule has 0 aliphatic rings. The van der Waals surface area contributed by atoms with Crippen LogP contribution in [0.4, 0.5) is 5.82 Å². The molecule has 0 fully saturated rings. The van der Waals surface area contributed by atoms with Crippen LogP contribution in [0.25, 0.3) is 0 Å². The van der Waals surface area contributed by atoms with E-state index in [1.54, 1.807) is 0 Å². The first kappa shape index (κ1) is 18.0. The van der Waals surface area contributed by atoms with Gasteiger partial charge in [-0.25, -0.2) is 4.98 Å². The molecule has 1 heterocycles. The SMILES string of the molecule is CCC(N)Cc1cnc(N(CC(C)C)CC(C)C)c(C)c1. The fourth-order valence-electron chi connectivity index (χ4n) is 2.64. The van der Waals surface area contributed by atoms with Crippen LogP contribution in [0.5, 0.6) is 0 Å². The third-order valence-electron chi connectivity index (χ3n) is 3.60. The van der Waals surface area contributed by atoms with E-state index < -0.39 is 0 Å². The summed E-state index contributed by atoms with van der Waals surface area (Å²) in [6, 6.07) is 2.49. The van der Waals surface area contributed by atoms with Crippen molar-refractivity contribution >= 4 is 5.82 Å². The summed E-state index contributed by atoms with van der Waals surface area (Å²) in [7, 11) is 0. The third-order valence-corrected chi connectivity index (χ3v) is 3.60. The van der Waals surface area contributed by atoms with Crippen LogP contribution in [0.15, 0.2) is 12.3 Å². The van der Waals surface area contributed by atoms with Gasteiger partial charge in [-0.2, -0.15) is 0 Å². The fourth-order valence-corrected chi connectivity index (χ4v) is 2.64. The maximum Gasteiger partial charge on any atom is 0.131 e. The smallest absolute Gasteiger partial charge is 0.131 e. The first-order valence-corrected chi connectivity index (χ1v) is 8.29. The predicted octanol–water partition coefficient (Wildman–Crippen LogP) is 3.79. The lowest BCUT2D eigenvalue weighted by Crippen LogP contribution is -2.32. The molecule has 0 amide bonds.